The Morgan fingerprint density at radius 2 is 1.42 bits per heavy atom. The smallest absolute Gasteiger partial charge is 0.203 e. The summed E-state index contributed by atoms with van der Waals surface area (Å²) in [6.45, 7) is 28.0. The van der Waals surface area contributed by atoms with Gasteiger partial charge >= 0.3 is 0 Å². The molecule has 3 aromatic rings. The second-order valence-corrected chi connectivity index (χ2v) is 27.3. The Labute approximate surface area is 292 Å². The normalized spacial score (nSPS) is 20.2. The summed E-state index contributed by atoms with van der Waals surface area (Å²) >= 11 is 0. The molecule has 1 aliphatic rings. The molecule has 2 aromatic heterocycles. The van der Waals surface area contributed by atoms with E-state index in [9.17, 15) is 5.11 Å². The maximum atomic E-state index is 12.5. The topological polar surface area (TPSA) is 87.9 Å². The van der Waals surface area contributed by atoms with E-state index >= 15 is 0 Å². The van der Waals surface area contributed by atoms with E-state index in [-0.39, 0.29) is 16.6 Å². The number of aromatic nitrogens is 3. The minimum atomic E-state index is -2.23. The molecule has 4 rings (SSSR count). The molecule has 268 valence electrons. The number of ether oxygens (including phenoxy) is 3. The predicted molar refractivity (Wildman–Crippen MR) is 203 cm³/mol. The second kappa shape index (κ2) is 14.1. The predicted octanol–water partition coefficient (Wildman–Crippen LogP) is 10.2. The third-order valence-corrected chi connectivity index (χ3v) is 23.2. The molecule has 1 unspecified atom stereocenters. The lowest BCUT2D eigenvalue weighted by molar-refractivity contribution is -0.0191. The van der Waals surface area contributed by atoms with E-state index in [1.54, 1.807) is 21.3 Å². The molecule has 10 heteroatoms. The van der Waals surface area contributed by atoms with Crippen LogP contribution >= 0.6 is 0 Å². The molecule has 48 heavy (non-hydrogen) atoms. The van der Waals surface area contributed by atoms with Gasteiger partial charge in [-0.15, -0.1) is 0 Å². The van der Waals surface area contributed by atoms with E-state index in [0.717, 1.165) is 48.0 Å². The molecule has 1 aliphatic carbocycles. The Balaban J connectivity index is 1.87. The first-order valence-electron chi connectivity index (χ1n) is 17.8. The van der Waals surface area contributed by atoms with Crippen LogP contribution in [0.25, 0.3) is 22.4 Å². The molecule has 0 aliphatic heterocycles. The lowest BCUT2D eigenvalue weighted by Gasteiger charge is -2.45. The largest absolute Gasteiger partial charge is 0.493 e. The van der Waals surface area contributed by atoms with Crippen molar-refractivity contribution in [1.29, 1.82) is 0 Å². The molecule has 1 fully saturated rings. The summed E-state index contributed by atoms with van der Waals surface area (Å²) in [6.07, 6.45) is 7.31. The van der Waals surface area contributed by atoms with Crippen LogP contribution < -0.4 is 14.2 Å². The molecule has 1 N–H and O–H groups in total. The Bertz CT molecular complexity index is 1520. The zero-order chi connectivity index (χ0) is 36.0. The second-order valence-electron chi connectivity index (χ2n) is 16.8. The minimum Gasteiger partial charge on any atom is -0.493 e. The summed E-state index contributed by atoms with van der Waals surface area (Å²) in [4.78, 5) is 10.5. The highest BCUT2D eigenvalue weighted by Crippen LogP contribution is 2.51. The van der Waals surface area contributed by atoms with Crippen molar-refractivity contribution in [2.75, 3.05) is 21.3 Å². The quantitative estimate of drug-likeness (QED) is 0.189. The molecule has 0 saturated heterocycles. The SMILES string of the molecule is COc1cc(-c2cnc3c(n2)c(C(O)C2(C)CCC(O[Si](C)(C)C(C)(C)C)CC2)cn3[Si](C(C)C)(C(C)C)C(C)C)cc(OC)c1OC. The summed E-state index contributed by atoms with van der Waals surface area (Å²) in [6, 6.07) is 3.81. The van der Waals surface area contributed by atoms with Gasteiger partial charge in [0, 0.05) is 23.4 Å². The summed E-state index contributed by atoms with van der Waals surface area (Å²) in [5.74, 6) is 1.64. The Kier molecular flexibility index (Phi) is 11.3. The number of rotatable bonds is 12. The first-order valence-corrected chi connectivity index (χ1v) is 22.9. The number of nitrogens with zero attached hydrogens (tertiary/aromatic N) is 3. The van der Waals surface area contributed by atoms with E-state index < -0.39 is 22.7 Å². The number of hydrogen-bond donors (Lipinski definition) is 1. The number of fused-ring (bicyclic) bond motifs is 1. The number of aliphatic hydroxyl groups is 1. The van der Waals surface area contributed by atoms with Crippen molar-refractivity contribution in [3.8, 4) is 28.5 Å². The third kappa shape index (κ3) is 6.71. The lowest BCUT2D eigenvalue weighted by atomic mass is 9.69. The monoisotopic (exact) mass is 697 g/mol. The van der Waals surface area contributed by atoms with Crippen molar-refractivity contribution < 1.29 is 23.7 Å². The highest BCUT2D eigenvalue weighted by Gasteiger charge is 2.48. The average Bonchev–Trinajstić information content (AvgIpc) is 3.38. The summed E-state index contributed by atoms with van der Waals surface area (Å²) < 4.78 is 26.3. The van der Waals surface area contributed by atoms with Gasteiger partial charge in [-0.3, -0.25) is 0 Å². The molecule has 0 bridgehead atoms. The van der Waals surface area contributed by atoms with Crippen LogP contribution in [0, 0.1) is 5.41 Å². The van der Waals surface area contributed by atoms with Gasteiger partial charge < -0.3 is 28.0 Å². The molecule has 1 saturated carbocycles. The van der Waals surface area contributed by atoms with Gasteiger partial charge in [-0.25, -0.2) is 9.97 Å². The average molecular weight is 698 g/mol. The lowest BCUT2D eigenvalue weighted by Crippen LogP contribution is -2.51. The zero-order valence-corrected chi connectivity index (χ0v) is 34.4. The van der Waals surface area contributed by atoms with E-state index in [2.05, 4.69) is 92.8 Å². The van der Waals surface area contributed by atoms with Crippen LogP contribution in [0.1, 0.15) is 107 Å². The number of benzene rings is 1. The molecule has 8 nitrogen and oxygen atoms in total. The van der Waals surface area contributed by atoms with Crippen LogP contribution in [0.15, 0.2) is 24.5 Å². The van der Waals surface area contributed by atoms with Gasteiger partial charge in [-0.1, -0.05) is 69.2 Å². The summed E-state index contributed by atoms with van der Waals surface area (Å²) in [5.41, 5.74) is 5.05. The Hall–Kier alpha value is -2.41. The minimum absolute atomic E-state index is 0.170. The number of hydrogen-bond acceptors (Lipinski definition) is 7. The van der Waals surface area contributed by atoms with E-state index in [0.29, 0.717) is 39.6 Å². The molecule has 1 aromatic carbocycles. The molecule has 0 spiro atoms. The maximum absolute atomic E-state index is 12.5. The number of aliphatic hydroxyl groups excluding tert-OH is 1. The van der Waals surface area contributed by atoms with Crippen LogP contribution in [-0.2, 0) is 4.43 Å². The molecular formula is C38H63N3O5Si2. The Morgan fingerprint density at radius 3 is 1.85 bits per heavy atom. The van der Waals surface area contributed by atoms with Crippen molar-refractivity contribution in [2.24, 2.45) is 5.41 Å². The van der Waals surface area contributed by atoms with E-state index in [1.807, 2.05) is 18.3 Å². The summed E-state index contributed by atoms with van der Waals surface area (Å²) in [7, 11) is 0.724. The van der Waals surface area contributed by atoms with Crippen molar-refractivity contribution in [3.63, 3.8) is 0 Å². The highest BCUT2D eigenvalue weighted by molar-refractivity contribution is 6.82. The fraction of sp³-hybridized carbons (Fsp3) is 0.684. The fourth-order valence-corrected chi connectivity index (χ4v) is 16.3. The zero-order valence-electron chi connectivity index (χ0n) is 32.4. The van der Waals surface area contributed by atoms with Crippen LogP contribution in [0.4, 0.5) is 0 Å². The van der Waals surface area contributed by atoms with E-state index in [4.69, 9.17) is 28.6 Å². The van der Waals surface area contributed by atoms with Crippen LogP contribution in [-0.4, -0.2) is 63.3 Å². The van der Waals surface area contributed by atoms with Crippen molar-refractivity contribution in [3.05, 3.63) is 30.1 Å². The molecule has 0 radical (unpaired) electrons. The van der Waals surface area contributed by atoms with Crippen LogP contribution in [0.5, 0.6) is 17.2 Å². The van der Waals surface area contributed by atoms with Crippen molar-refractivity contribution in [1.82, 2.24) is 14.2 Å². The fourth-order valence-electron chi connectivity index (χ4n) is 8.32. The first-order chi connectivity index (χ1) is 22.3. The summed E-state index contributed by atoms with van der Waals surface area (Å²) in [5, 5.41) is 12.7. The molecule has 0 amide bonds. The van der Waals surface area contributed by atoms with E-state index in [1.165, 1.54) is 0 Å². The highest BCUT2D eigenvalue weighted by atomic mass is 28.4. The van der Waals surface area contributed by atoms with Gasteiger partial charge in [0.15, 0.2) is 33.7 Å². The van der Waals surface area contributed by atoms with Gasteiger partial charge in [0.1, 0.15) is 5.52 Å². The Morgan fingerprint density at radius 1 is 0.896 bits per heavy atom. The molecular weight excluding hydrogens is 635 g/mol. The van der Waals surface area contributed by atoms with Crippen molar-refractivity contribution >= 4 is 27.7 Å². The molecule has 2 heterocycles. The van der Waals surface area contributed by atoms with Gasteiger partial charge in [-0.2, -0.15) is 0 Å². The number of methoxy groups -OCH3 is 3. The molecule has 1 atom stereocenters. The van der Waals surface area contributed by atoms with Crippen LogP contribution in [0.3, 0.4) is 0 Å². The standard InChI is InChI=1S/C38H63N3O5Si2/c1-24(2)48(25(3)4,26(5)6)41-23-29(35(42)38(10)18-16-28(17-19-38)46-47(14,15)37(7,8)9)33-36(41)39-22-30(40-33)27-20-31(43-11)34(45-13)32(21-27)44-12/h20-26,28,35,42H,16-19H2,1-15H3. The van der Waals surface area contributed by atoms with Gasteiger partial charge in [0.05, 0.1) is 39.3 Å². The van der Waals surface area contributed by atoms with Gasteiger partial charge in [-0.05, 0) is 78.0 Å². The maximum Gasteiger partial charge on any atom is 0.203 e. The third-order valence-electron chi connectivity index (χ3n) is 12.0. The first kappa shape index (κ1) is 38.4. The van der Waals surface area contributed by atoms with Crippen molar-refractivity contribution in [2.45, 2.75) is 142 Å². The van der Waals surface area contributed by atoms with Gasteiger partial charge in [0.25, 0.3) is 0 Å². The van der Waals surface area contributed by atoms with Gasteiger partial charge in [0.2, 0.25) is 5.75 Å². The van der Waals surface area contributed by atoms with Crippen LogP contribution in [0.2, 0.25) is 34.8 Å².